The molecular formula is C15H13F4NO. The topological polar surface area (TPSA) is 21.3 Å². The van der Waals surface area contributed by atoms with Crippen LogP contribution >= 0.6 is 0 Å². The van der Waals surface area contributed by atoms with Crippen LogP contribution < -0.4 is 10.1 Å². The summed E-state index contributed by atoms with van der Waals surface area (Å²) in [7, 11) is 0. The number of halogens is 4. The maximum absolute atomic E-state index is 13.6. The minimum absolute atomic E-state index is 0.00248. The Balaban J connectivity index is 2.16. The maximum Gasteiger partial charge on any atom is 0.387 e. The van der Waals surface area contributed by atoms with Crippen molar-refractivity contribution in [2.24, 2.45) is 0 Å². The minimum atomic E-state index is -2.91. The molecule has 0 heterocycles. The highest BCUT2D eigenvalue weighted by atomic mass is 19.3. The summed E-state index contributed by atoms with van der Waals surface area (Å²) in [6.45, 7) is -1.21. The number of nitrogens with one attached hydrogen (secondary N) is 1. The van der Waals surface area contributed by atoms with E-state index >= 15 is 0 Å². The summed E-state index contributed by atoms with van der Waals surface area (Å²) in [4.78, 5) is 0. The Morgan fingerprint density at radius 2 is 1.76 bits per heavy atom. The monoisotopic (exact) mass is 299 g/mol. The van der Waals surface area contributed by atoms with Crippen LogP contribution in [0.2, 0.25) is 0 Å². The number of rotatable bonds is 5. The van der Waals surface area contributed by atoms with Crippen LogP contribution in [0, 0.1) is 11.6 Å². The number of alkyl halides is 2. The van der Waals surface area contributed by atoms with Crippen molar-refractivity contribution >= 4 is 5.69 Å². The van der Waals surface area contributed by atoms with Gasteiger partial charge in [-0.3, -0.25) is 0 Å². The number of ether oxygens (including phenoxy) is 1. The molecule has 0 saturated heterocycles. The Labute approximate surface area is 119 Å². The number of hydrogen-bond acceptors (Lipinski definition) is 2. The van der Waals surface area contributed by atoms with Crippen molar-refractivity contribution in [2.45, 2.75) is 19.6 Å². The largest absolute Gasteiger partial charge is 0.435 e. The predicted octanol–water partition coefficient (Wildman–Crippen LogP) is 4.74. The van der Waals surface area contributed by atoms with Crippen LogP contribution in [0.3, 0.4) is 0 Å². The molecule has 6 heteroatoms. The van der Waals surface area contributed by atoms with Crippen molar-refractivity contribution < 1.29 is 22.3 Å². The third-order valence-electron chi connectivity index (χ3n) is 2.91. The molecule has 0 radical (unpaired) electrons. The van der Waals surface area contributed by atoms with Crippen LogP contribution in [-0.2, 0) is 0 Å². The molecule has 1 atom stereocenters. The maximum atomic E-state index is 13.6. The summed E-state index contributed by atoms with van der Waals surface area (Å²) in [5, 5.41) is 2.79. The van der Waals surface area contributed by atoms with Crippen LogP contribution in [0.15, 0.2) is 42.5 Å². The molecular weight excluding hydrogens is 286 g/mol. The highest BCUT2D eigenvalue weighted by Crippen LogP contribution is 2.25. The van der Waals surface area contributed by atoms with Gasteiger partial charge in [0.1, 0.15) is 5.75 Å². The molecule has 2 aromatic carbocycles. The SMILES string of the molecule is CC(Nc1cccc(F)c1F)c1cccc(OC(F)F)c1. The standard InChI is InChI=1S/C15H13F4NO/c1-9(20-13-7-3-6-12(16)14(13)17)10-4-2-5-11(8-10)21-15(18)19/h2-9,15,20H,1H3. The average Bonchev–Trinajstić information content (AvgIpc) is 2.43. The van der Waals surface area contributed by atoms with Crippen molar-refractivity contribution in [3.8, 4) is 5.75 Å². The van der Waals surface area contributed by atoms with Gasteiger partial charge in [-0.15, -0.1) is 0 Å². The third kappa shape index (κ3) is 3.87. The molecule has 0 bridgehead atoms. The quantitative estimate of drug-likeness (QED) is 0.805. The molecule has 2 aromatic rings. The second-order valence-corrected chi connectivity index (χ2v) is 4.42. The third-order valence-corrected chi connectivity index (χ3v) is 2.91. The summed E-state index contributed by atoms with van der Waals surface area (Å²) in [5.41, 5.74) is 0.611. The molecule has 0 aliphatic rings. The minimum Gasteiger partial charge on any atom is -0.435 e. The van der Waals surface area contributed by atoms with E-state index in [4.69, 9.17) is 0 Å². The molecule has 2 rings (SSSR count). The first-order chi connectivity index (χ1) is 9.97. The van der Waals surface area contributed by atoms with Gasteiger partial charge in [0, 0.05) is 6.04 Å². The van der Waals surface area contributed by atoms with Gasteiger partial charge in [-0.2, -0.15) is 8.78 Å². The van der Waals surface area contributed by atoms with E-state index in [-0.39, 0.29) is 11.4 Å². The molecule has 1 unspecified atom stereocenters. The highest BCUT2D eigenvalue weighted by molar-refractivity contribution is 5.47. The van der Waals surface area contributed by atoms with E-state index in [1.807, 2.05) is 0 Å². The summed E-state index contributed by atoms with van der Waals surface area (Å²) < 4.78 is 55.3. The van der Waals surface area contributed by atoms with Gasteiger partial charge in [-0.25, -0.2) is 8.78 Å². The second-order valence-electron chi connectivity index (χ2n) is 4.42. The molecule has 0 amide bonds. The van der Waals surface area contributed by atoms with E-state index < -0.39 is 24.3 Å². The van der Waals surface area contributed by atoms with E-state index in [0.717, 1.165) is 6.07 Å². The Bertz CT molecular complexity index is 618. The second kappa shape index (κ2) is 6.47. The number of anilines is 1. The van der Waals surface area contributed by atoms with Gasteiger partial charge in [0.15, 0.2) is 11.6 Å². The normalized spacial score (nSPS) is 12.3. The van der Waals surface area contributed by atoms with Gasteiger partial charge in [-0.05, 0) is 36.8 Å². The fourth-order valence-electron chi connectivity index (χ4n) is 1.89. The molecule has 21 heavy (non-hydrogen) atoms. The Kier molecular flexibility index (Phi) is 4.67. The lowest BCUT2D eigenvalue weighted by Crippen LogP contribution is -2.09. The zero-order valence-corrected chi connectivity index (χ0v) is 11.1. The van der Waals surface area contributed by atoms with Crippen molar-refractivity contribution in [1.82, 2.24) is 0 Å². The summed E-state index contributed by atoms with van der Waals surface area (Å²) >= 11 is 0. The smallest absolute Gasteiger partial charge is 0.387 e. The molecule has 2 nitrogen and oxygen atoms in total. The van der Waals surface area contributed by atoms with Crippen molar-refractivity contribution in [3.05, 3.63) is 59.7 Å². The first-order valence-corrected chi connectivity index (χ1v) is 6.22. The summed E-state index contributed by atoms with van der Waals surface area (Å²) in [5.74, 6) is -1.93. The van der Waals surface area contributed by atoms with E-state index in [9.17, 15) is 17.6 Å². The van der Waals surface area contributed by atoms with E-state index in [0.29, 0.717) is 5.56 Å². The van der Waals surface area contributed by atoms with Crippen LogP contribution in [0.4, 0.5) is 23.2 Å². The lowest BCUT2D eigenvalue weighted by Gasteiger charge is -2.17. The predicted molar refractivity (Wildman–Crippen MR) is 71.5 cm³/mol. The summed E-state index contributed by atoms with van der Waals surface area (Å²) in [6.07, 6.45) is 0. The van der Waals surface area contributed by atoms with Crippen LogP contribution in [0.25, 0.3) is 0 Å². The van der Waals surface area contributed by atoms with E-state index in [2.05, 4.69) is 10.1 Å². The molecule has 112 valence electrons. The molecule has 0 aromatic heterocycles. The van der Waals surface area contributed by atoms with Gasteiger partial charge in [0.05, 0.1) is 5.69 Å². The first-order valence-electron chi connectivity index (χ1n) is 6.22. The number of benzene rings is 2. The molecule has 0 aliphatic carbocycles. The fraction of sp³-hybridized carbons (Fsp3) is 0.200. The van der Waals surface area contributed by atoms with Crippen LogP contribution in [0.5, 0.6) is 5.75 Å². The van der Waals surface area contributed by atoms with Gasteiger partial charge in [0.25, 0.3) is 0 Å². The van der Waals surface area contributed by atoms with Crippen LogP contribution in [-0.4, -0.2) is 6.61 Å². The fourth-order valence-corrected chi connectivity index (χ4v) is 1.89. The molecule has 0 saturated carbocycles. The van der Waals surface area contributed by atoms with Crippen molar-refractivity contribution in [2.75, 3.05) is 5.32 Å². The highest BCUT2D eigenvalue weighted by Gasteiger charge is 2.13. The first kappa shape index (κ1) is 15.2. The lowest BCUT2D eigenvalue weighted by molar-refractivity contribution is -0.0498. The number of hydrogen-bond donors (Lipinski definition) is 1. The van der Waals surface area contributed by atoms with E-state index in [1.165, 1.54) is 24.3 Å². The molecule has 0 aliphatic heterocycles. The molecule has 0 fully saturated rings. The zero-order chi connectivity index (χ0) is 15.4. The van der Waals surface area contributed by atoms with Gasteiger partial charge < -0.3 is 10.1 Å². The van der Waals surface area contributed by atoms with Gasteiger partial charge in [0.2, 0.25) is 0 Å². The average molecular weight is 299 g/mol. The van der Waals surface area contributed by atoms with E-state index in [1.54, 1.807) is 19.1 Å². The van der Waals surface area contributed by atoms with Gasteiger partial charge in [-0.1, -0.05) is 18.2 Å². The molecule has 1 N–H and O–H groups in total. The Morgan fingerprint density at radius 3 is 2.48 bits per heavy atom. The van der Waals surface area contributed by atoms with Crippen molar-refractivity contribution in [1.29, 1.82) is 0 Å². The summed E-state index contributed by atoms with van der Waals surface area (Å²) in [6, 6.07) is 9.41. The Morgan fingerprint density at radius 1 is 1.05 bits per heavy atom. The van der Waals surface area contributed by atoms with Crippen molar-refractivity contribution in [3.63, 3.8) is 0 Å². The molecule has 0 spiro atoms. The van der Waals surface area contributed by atoms with Crippen LogP contribution in [0.1, 0.15) is 18.5 Å². The lowest BCUT2D eigenvalue weighted by atomic mass is 10.1. The zero-order valence-electron chi connectivity index (χ0n) is 11.1. The van der Waals surface area contributed by atoms with Gasteiger partial charge >= 0.3 is 6.61 Å². The Hall–Kier alpha value is -2.24.